The summed E-state index contributed by atoms with van der Waals surface area (Å²) in [6.45, 7) is 2.17. The fourth-order valence-corrected chi connectivity index (χ4v) is 4.51. The van der Waals surface area contributed by atoms with Crippen LogP contribution in [0, 0.1) is 5.92 Å². The molecular weight excluding hydrogens is 392 g/mol. The summed E-state index contributed by atoms with van der Waals surface area (Å²) in [7, 11) is 3.13. The van der Waals surface area contributed by atoms with Crippen molar-refractivity contribution in [2.75, 3.05) is 14.2 Å². The number of benzene rings is 1. The topological polar surface area (TPSA) is 83.7 Å². The molecule has 152 valence electrons. The number of aryl methyl sites for hydroxylation is 1. The average Bonchev–Trinajstić information content (AvgIpc) is 3.38. The number of carbonyl (C=O) groups is 1. The lowest BCUT2D eigenvalue weighted by atomic mass is 9.90. The highest BCUT2D eigenvalue weighted by atomic mass is 32.1. The molecule has 0 bridgehead atoms. The molecular formula is C21H22N2O5S. The van der Waals surface area contributed by atoms with Crippen molar-refractivity contribution in [1.82, 2.24) is 10.1 Å². The summed E-state index contributed by atoms with van der Waals surface area (Å²) in [6.07, 6.45) is 3.23. The van der Waals surface area contributed by atoms with Crippen LogP contribution in [-0.4, -0.2) is 30.3 Å². The molecule has 0 unspecified atom stereocenters. The number of aromatic nitrogens is 2. The van der Waals surface area contributed by atoms with Gasteiger partial charge in [-0.1, -0.05) is 12.1 Å². The van der Waals surface area contributed by atoms with Crippen molar-refractivity contribution >= 4 is 17.3 Å². The smallest absolute Gasteiger partial charge is 0.348 e. The fourth-order valence-electron chi connectivity index (χ4n) is 3.41. The van der Waals surface area contributed by atoms with E-state index in [1.54, 1.807) is 32.4 Å². The lowest BCUT2D eigenvalue weighted by Crippen LogP contribution is -2.08. The largest absolute Gasteiger partial charge is 0.493 e. The van der Waals surface area contributed by atoms with E-state index in [1.807, 2.05) is 6.07 Å². The molecule has 0 N–H and O–H groups in total. The Labute approximate surface area is 172 Å². The maximum absolute atomic E-state index is 12.4. The minimum absolute atomic E-state index is 0.0713. The van der Waals surface area contributed by atoms with Gasteiger partial charge in [0.05, 0.1) is 14.2 Å². The van der Waals surface area contributed by atoms with E-state index < -0.39 is 0 Å². The van der Waals surface area contributed by atoms with E-state index in [4.69, 9.17) is 18.7 Å². The van der Waals surface area contributed by atoms with Crippen molar-refractivity contribution in [3.05, 3.63) is 45.5 Å². The summed E-state index contributed by atoms with van der Waals surface area (Å²) >= 11 is 1.52. The molecule has 29 heavy (non-hydrogen) atoms. The first-order chi connectivity index (χ1) is 14.1. The van der Waals surface area contributed by atoms with Gasteiger partial charge in [0.2, 0.25) is 5.82 Å². The van der Waals surface area contributed by atoms with Gasteiger partial charge in [0.25, 0.3) is 5.89 Å². The predicted octanol–water partition coefficient (Wildman–Crippen LogP) is 4.30. The summed E-state index contributed by atoms with van der Waals surface area (Å²) in [6, 6.07) is 7.29. The summed E-state index contributed by atoms with van der Waals surface area (Å²) in [5, 5.41) is 3.96. The average molecular weight is 414 g/mol. The molecule has 4 rings (SSSR count). The monoisotopic (exact) mass is 414 g/mol. The number of methoxy groups -OCH3 is 2. The molecule has 1 aliphatic carbocycles. The molecule has 2 heterocycles. The second kappa shape index (κ2) is 8.24. The molecule has 1 aliphatic rings. The zero-order valence-electron chi connectivity index (χ0n) is 16.6. The number of hydrogen-bond acceptors (Lipinski definition) is 8. The highest BCUT2D eigenvalue weighted by Gasteiger charge is 2.22. The Morgan fingerprint density at radius 2 is 2.07 bits per heavy atom. The molecule has 0 aliphatic heterocycles. The number of esters is 1. The van der Waals surface area contributed by atoms with E-state index in [0.29, 0.717) is 33.7 Å². The van der Waals surface area contributed by atoms with Crippen molar-refractivity contribution in [2.45, 2.75) is 32.8 Å². The molecule has 0 saturated carbocycles. The zero-order valence-corrected chi connectivity index (χ0v) is 17.4. The van der Waals surface area contributed by atoms with Gasteiger partial charge in [-0.2, -0.15) is 4.98 Å². The van der Waals surface area contributed by atoms with E-state index in [-0.39, 0.29) is 18.5 Å². The minimum Gasteiger partial charge on any atom is -0.493 e. The molecule has 1 atom stereocenters. The standard InChI is InChI=1S/C21H22N2O5S/c1-12-4-7-17-14(8-12)10-18(29-17)21(24)27-11-19-22-20(23-28-19)13-5-6-15(25-2)16(9-13)26-3/h5-6,9-10,12H,4,7-8,11H2,1-3H3/t12-/m1/s1. The van der Waals surface area contributed by atoms with Gasteiger partial charge < -0.3 is 18.7 Å². The van der Waals surface area contributed by atoms with Crippen LogP contribution in [0.2, 0.25) is 0 Å². The molecule has 0 fully saturated rings. The summed E-state index contributed by atoms with van der Waals surface area (Å²) in [5.74, 6) is 2.11. The van der Waals surface area contributed by atoms with E-state index in [2.05, 4.69) is 17.1 Å². The molecule has 0 amide bonds. The number of fused-ring (bicyclic) bond motifs is 1. The van der Waals surface area contributed by atoms with E-state index >= 15 is 0 Å². The Hall–Kier alpha value is -2.87. The summed E-state index contributed by atoms with van der Waals surface area (Å²) in [4.78, 5) is 18.6. The molecule has 0 spiro atoms. The Morgan fingerprint density at radius 1 is 1.24 bits per heavy atom. The van der Waals surface area contributed by atoms with Gasteiger partial charge in [-0.3, -0.25) is 0 Å². The fraction of sp³-hybridized carbons (Fsp3) is 0.381. The van der Waals surface area contributed by atoms with Crippen LogP contribution >= 0.6 is 11.3 Å². The van der Waals surface area contributed by atoms with Crippen LogP contribution in [-0.2, 0) is 24.2 Å². The molecule has 0 radical (unpaired) electrons. The maximum atomic E-state index is 12.4. The second-order valence-corrected chi connectivity index (χ2v) is 8.20. The van der Waals surface area contributed by atoms with E-state index in [1.165, 1.54) is 28.2 Å². The highest BCUT2D eigenvalue weighted by Crippen LogP contribution is 2.33. The first-order valence-corrected chi connectivity index (χ1v) is 10.2. The van der Waals surface area contributed by atoms with Gasteiger partial charge in [-0.15, -0.1) is 11.3 Å². The third-order valence-electron chi connectivity index (χ3n) is 4.97. The molecule has 7 nitrogen and oxygen atoms in total. The third kappa shape index (κ3) is 4.12. The number of thiophene rings is 1. The van der Waals surface area contributed by atoms with Gasteiger partial charge >= 0.3 is 5.97 Å². The van der Waals surface area contributed by atoms with Crippen molar-refractivity contribution < 1.29 is 23.5 Å². The van der Waals surface area contributed by atoms with Crippen LogP contribution in [0.1, 0.15) is 39.3 Å². The van der Waals surface area contributed by atoms with Gasteiger partial charge in [0, 0.05) is 10.4 Å². The minimum atomic E-state index is -0.358. The Morgan fingerprint density at radius 3 is 2.86 bits per heavy atom. The Balaban J connectivity index is 1.41. The number of nitrogens with zero attached hydrogens (tertiary/aromatic N) is 2. The molecule has 1 aromatic carbocycles. The summed E-state index contributed by atoms with van der Waals surface area (Å²) < 4.78 is 21.1. The van der Waals surface area contributed by atoms with Crippen molar-refractivity contribution in [2.24, 2.45) is 5.92 Å². The first kappa shape index (κ1) is 19.4. The van der Waals surface area contributed by atoms with Gasteiger partial charge in [0.15, 0.2) is 18.1 Å². The van der Waals surface area contributed by atoms with Crippen LogP contribution in [0.25, 0.3) is 11.4 Å². The van der Waals surface area contributed by atoms with Crippen LogP contribution < -0.4 is 9.47 Å². The molecule has 2 aromatic heterocycles. The second-order valence-electron chi connectivity index (χ2n) is 7.06. The van der Waals surface area contributed by atoms with Crippen molar-refractivity contribution in [3.63, 3.8) is 0 Å². The highest BCUT2D eigenvalue weighted by molar-refractivity contribution is 7.14. The van der Waals surface area contributed by atoms with Crippen LogP contribution in [0.5, 0.6) is 11.5 Å². The molecule has 0 saturated heterocycles. The summed E-state index contributed by atoms with van der Waals surface area (Å²) in [5.41, 5.74) is 1.98. The maximum Gasteiger partial charge on any atom is 0.348 e. The lowest BCUT2D eigenvalue weighted by Gasteiger charge is -2.16. The van der Waals surface area contributed by atoms with Gasteiger partial charge in [-0.25, -0.2) is 4.79 Å². The van der Waals surface area contributed by atoms with Crippen LogP contribution in [0.3, 0.4) is 0 Å². The SMILES string of the molecule is COc1ccc(-c2noc(COC(=O)c3cc4c(s3)CC[C@@H](C)C4)n2)cc1OC. The van der Waals surface area contributed by atoms with E-state index in [9.17, 15) is 4.79 Å². The Bertz CT molecular complexity index is 1030. The van der Waals surface area contributed by atoms with Crippen LogP contribution in [0.15, 0.2) is 28.8 Å². The molecule has 3 aromatic rings. The van der Waals surface area contributed by atoms with Gasteiger partial charge in [0.1, 0.15) is 4.88 Å². The Kier molecular flexibility index (Phi) is 5.53. The predicted molar refractivity (Wildman–Crippen MR) is 107 cm³/mol. The zero-order chi connectivity index (χ0) is 20.4. The quantitative estimate of drug-likeness (QED) is 0.556. The van der Waals surface area contributed by atoms with E-state index in [0.717, 1.165) is 12.8 Å². The van der Waals surface area contributed by atoms with Gasteiger partial charge in [-0.05, 0) is 55.0 Å². The number of hydrogen-bond donors (Lipinski definition) is 0. The lowest BCUT2D eigenvalue weighted by molar-refractivity contribution is 0.0435. The number of ether oxygens (including phenoxy) is 3. The number of carbonyl (C=O) groups excluding carboxylic acids is 1. The number of rotatable bonds is 6. The normalized spacial score (nSPS) is 15.6. The molecule has 8 heteroatoms. The van der Waals surface area contributed by atoms with Crippen molar-refractivity contribution in [1.29, 1.82) is 0 Å². The third-order valence-corrected chi connectivity index (χ3v) is 6.18. The van der Waals surface area contributed by atoms with Crippen LogP contribution in [0.4, 0.5) is 0 Å². The van der Waals surface area contributed by atoms with Crippen molar-refractivity contribution in [3.8, 4) is 22.9 Å². The first-order valence-electron chi connectivity index (χ1n) is 9.41.